The zero-order valence-corrected chi connectivity index (χ0v) is 24.6. The second-order valence-electron chi connectivity index (χ2n) is 9.36. The van der Waals surface area contributed by atoms with Gasteiger partial charge in [0.2, 0.25) is 5.91 Å². The van der Waals surface area contributed by atoms with Gasteiger partial charge in [-0.1, -0.05) is 48.5 Å². The molecular formula is C32H28BrN3O6. The fourth-order valence-electron chi connectivity index (χ4n) is 4.52. The number of hydrogen-bond acceptors (Lipinski definition) is 6. The van der Waals surface area contributed by atoms with Gasteiger partial charge in [0.15, 0.2) is 11.5 Å². The highest BCUT2D eigenvalue weighted by Gasteiger charge is 2.35. The Labute approximate surface area is 251 Å². The van der Waals surface area contributed by atoms with Gasteiger partial charge < -0.3 is 24.8 Å². The number of amides is 4. The van der Waals surface area contributed by atoms with Gasteiger partial charge in [-0.2, -0.15) is 0 Å². The number of rotatable bonds is 10. The number of nitrogens with one attached hydrogen (secondary N) is 2. The van der Waals surface area contributed by atoms with E-state index in [1.165, 1.54) is 13.2 Å². The van der Waals surface area contributed by atoms with Crippen LogP contribution < -0.4 is 24.8 Å². The van der Waals surface area contributed by atoms with Gasteiger partial charge in [-0.3, -0.25) is 9.59 Å². The average Bonchev–Trinajstić information content (AvgIpc) is 3.24. The molecule has 0 spiro atoms. The molecule has 4 aromatic carbocycles. The van der Waals surface area contributed by atoms with Crippen molar-refractivity contribution >= 4 is 56.3 Å². The van der Waals surface area contributed by atoms with Crippen LogP contribution >= 0.6 is 15.9 Å². The minimum absolute atomic E-state index is 0.0317. The summed E-state index contributed by atoms with van der Waals surface area (Å²) in [5, 5.41) is 7.49. The molecule has 9 nitrogen and oxygen atoms in total. The maximum atomic E-state index is 13.0. The fourth-order valence-corrected chi connectivity index (χ4v) is 5.10. The molecule has 1 saturated heterocycles. The van der Waals surface area contributed by atoms with E-state index < -0.39 is 24.4 Å². The standard InChI is InChI=1S/C32H28BrN3O6/c1-3-41-28-17-21(15-24(33)30(28)42-19-20-12-13-22-8-4-5-9-23(22)14-20)16-26-31(38)36(32(39)35-26)18-29(37)34-25-10-6-7-11-27(25)40-2/h4-17H,3,18-19H2,1-2H3,(H,34,37)(H,35,39)/b26-16+. The van der Waals surface area contributed by atoms with Crippen LogP contribution in [0.1, 0.15) is 18.1 Å². The van der Waals surface area contributed by atoms with Gasteiger partial charge in [0.05, 0.1) is 23.9 Å². The van der Waals surface area contributed by atoms with Gasteiger partial charge in [0, 0.05) is 0 Å². The van der Waals surface area contributed by atoms with E-state index in [0.717, 1.165) is 21.2 Å². The van der Waals surface area contributed by atoms with Crippen molar-refractivity contribution in [3.8, 4) is 17.2 Å². The Morgan fingerprint density at radius 2 is 1.71 bits per heavy atom. The molecule has 1 aliphatic heterocycles. The van der Waals surface area contributed by atoms with Crippen LogP contribution in [0.3, 0.4) is 0 Å². The normalized spacial score (nSPS) is 13.8. The Hall–Kier alpha value is -4.83. The quantitative estimate of drug-likeness (QED) is 0.162. The van der Waals surface area contributed by atoms with E-state index in [2.05, 4.69) is 50.8 Å². The highest BCUT2D eigenvalue weighted by molar-refractivity contribution is 9.10. The third-order valence-electron chi connectivity index (χ3n) is 6.48. The summed E-state index contributed by atoms with van der Waals surface area (Å²) in [6, 6.07) is 23.9. The van der Waals surface area contributed by atoms with E-state index in [-0.39, 0.29) is 5.70 Å². The zero-order valence-electron chi connectivity index (χ0n) is 23.0. The Morgan fingerprint density at radius 1 is 0.952 bits per heavy atom. The molecular weight excluding hydrogens is 602 g/mol. The molecule has 0 saturated carbocycles. The number of halogens is 1. The van der Waals surface area contributed by atoms with Gasteiger partial charge in [-0.05, 0) is 81.2 Å². The van der Waals surface area contributed by atoms with Crippen molar-refractivity contribution in [1.29, 1.82) is 0 Å². The van der Waals surface area contributed by atoms with E-state index in [0.29, 0.717) is 46.2 Å². The third-order valence-corrected chi connectivity index (χ3v) is 7.07. The van der Waals surface area contributed by atoms with Crippen LogP contribution in [0.5, 0.6) is 17.2 Å². The van der Waals surface area contributed by atoms with Crippen LogP contribution in [-0.2, 0) is 16.2 Å². The van der Waals surface area contributed by atoms with Crippen molar-refractivity contribution in [2.45, 2.75) is 13.5 Å². The SMILES string of the molecule is CCOc1cc(/C=C2/NC(=O)N(CC(=O)Nc3ccccc3OC)C2=O)cc(Br)c1OCc1ccc2ccccc2c1. The van der Waals surface area contributed by atoms with Crippen molar-refractivity contribution in [2.75, 3.05) is 25.6 Å². The topological polar surface area (TPSA) is 106 Å². The number of nitrogens with zero attached hydrogens (tertiary/aromatic N) is 1. The molecule has 0 unspecified atom stereocenters. The van der Waals surface area contributed by atoms with Crippen molar-refractivity contribution < 1.29 is 28.6 Å². The van der Waals surface area contributed by atoms with Crippen LogP contribution in [0.4, 0.5) is 10.5 Å². The van der Waals surface area contributed by atoms with Gasteiger partial charge in [-0.25, -0.2) is 9.69 Å². The summed E-state index contributed by atoms with van der Waals surface area (Å²) in [5.74, 6) is 0.288. The summed E-state index contributed by atoms with van der Waals surface area (Å²) in [5.41, 5.74) is 2.06. The van der Waals surface area contributed by atoms with E-state index in [1.54, 1.807) is 36.4 Å². The molecule has 4 aromatic rings. The number of fused-ring (bicyclic) bond motifs is 1. The molecule has 2 N–H and O–H groups in total. The van der Waals surface area contributed by atoms with E-state index in [1.807, 2.05) is 25.1 Å². The molecule has 5 rings (SSSR count). The fraction of sp³-hybridized carbons (Fsp3) is 0.156. The Balaban J connectivity index is 1.30. The molecule has 214 valence electrons. The summed E-state index contributed by atoms with van der Waals surface area (Å²) >= 11 is 3.57. The third kappa shape index (κ3) is 6.39. The van der Waals surface area contributed by atoms with E-state index >= 15 is 0 Å². The predicted molar refractivity (Wildman–Crippen MR) is 163 cm³/mol. The van der Waals surface area contributed by atoms with Crippen LogP contribution in [0.25, 0.3) is 16.8 Å². The molecule has 0 aliphatic carbocycles. The Morgan fingerprint density at radius 3 is 2.50 bits per heavy atom. The number of carbonyl (C=O) groups excluding carboxylic acids is 3. The number of ether oxygens (including phenoxy) is 3. The molecule has 1 aliphatic rings. The second kappa shape index (κ2) is 12.8. The molecule has 1 fully saturated rings. The average molecular weight is 630 g/mol. The number of urea groups is 1. The zero-order chi connectivity index (χ0) is 29.6. The lowest BCUT2D eigenvalue weighted by Crippen LogP contribution is -2.38. The smallest absolute Gasteiger partial charge is 0.329 e. The Kier molecular flexibility index (Phi) is 8.73. The number of methoxy groups -OCH3 is 1. The van der Waals surface area contributed by atoms with E-state index in [9.17, 15) is 14.4 Å². The number of carbonyl (C=O) groups is 3. The number of imide groups is 1. The second-order valence-corrected chi connectivity index (χ2v) is 10.2. The molecule has 0 bridgehead atoms. The summed E-state index contributed by atoms with van der Waals surface area (Å²) in [7, 11) is 1.48. The lowest BCUT2D eigenvalue weighted by Gasteiger charge is -2.15. The van der Waals surface area contributed by atoms with Crippen molar-refractivity contribution in [3.63, 3.8) is 0 Å². The van der Waals surface area contributed by atoms with Gasteiger partial charge in [-0.15, -0.1) is 0 Å². The van der Waals surface area contributed by atoms with Crippen molar-refractivity contribution in [2.24, 2.45) is 0 Å². The van der Waals surface area contributed by atoms with Crippen LogP contribution in [0.2, 0.25) is 0 Å². The summed E-state index contributed by atoms with van der Waals surface area (Å²) in [6.45, 7) is 2.12. The highest BCUT2D eigenvalue weighted by Crippen LogP contribution is 2.38. The monoisotopic (exact) mass is 629 g/mol. The maximum Gasteiger partial charge on any atom is 0.329 e. The Bertz CT molecular complexity index is 1700. The summed E-state index contributed by atoms with van der Waals surface area (Å²) in [6.07, 6.45) is 1.53. The molecule has 1 heterocycles. The first-order chi connectivity index (χ1) is 20.4. The van der Waals surface area contributed by atoms with Gasteiger partial charge in [0.1, 0.15) is 24.6 Å². The molecule has 0 radical (unpaired) electrons. The van der Waals surface area contributed by atoms with Gasteiger partial charge >= 0.3 is 6.03 Å². The number of benzene rings is 4. The lowest BCUT2D eigenvalue weighted by molar-refractivity contribution is -0.127. The first-order valence-corrected chi connectivity index (χ1v) is 14.0. The van der Waals surface area contributed by atoms with Crippen molar-refractivity contribution in [3.05, 3.63) is 100 Å². The largest absolute Gasteiger partial charge is 0.495 e. The predicted octanol–water partition coefficient (Wildman–Crippen LogP) is 6.12. The molecule has 0 atom stereocenters. The highest BCUT2D eigenvalue weighted by atomic mass is 79.9. The van der Waals surface area contributed by atoms with Crippen LogP contribution in [-0.4, -0.2) is 43.0 Å². The van der Waals surface area contributed by atoms with Crippen LogP contribution in [0.15, 0.2) is 89.0 Å². The van der Waals surface area contributed by atoms with Crippen molar-refractivity contribution in [1.82, 2.24) is 10.2 Å². The van der Waals surface area contributed by atoms with Crippen LogP contribution in [0, 0.1) is 0 Å². The molecule has 42 heavy (non-hydrogen) atoms. The first kappa shape index (κ1) is 28.7. The number of hydrogen-bond donors (Lipinski definition) is 2. The minimum Gasteiger partial charge on any atom is -0.495 e. The van der Waals surface area contributed by atoms with Gasteiger partial charge in [0.25, 0.3) is 5.91 Å². The minimum atomic E-state index is -0.694. The van der Waals surface area contributed by atoms with E-state index in [4.69, 9.17) is 14.2 Å². The lowest BCUT2D eigenvalue weighted by atomic mass is 10.1. The summed E-state index contributed by atoms with van der Waals surface area (Å²) in [4.78, 5) is 39.1. The first-order valence-electron chi connectivity index (χ1n) is 13.2. The number of anilines is 1. The molecule has 0 aromatic heterocycles. The summed E-state index contributed by atoms with van der Waals surface area (Å²) < 4.78 is 17.9. The number of para-hydroxylation sites is 2. The molecule has 10 heteroatoms. The maximum absolute atomic E-state index is 13.0. The molecule has 4 amide bonds.